The van der Waals surface area contributed by atoms with Crippen molar-refractivity contribution < 1.29 is 4.79 Å². The van der Waals surface area contributed by atoms with Crippen LogP contribution in [0.15, 0.2) is 18.2 Å². The molecule has 4 nitrogen and oxygen atoms in total. The lowest BCUT2D eigenvalue weighted by molar-refractivity contribution is -0.114. The van der Waals surface area contributed by atoms with Gasteiger partial charge in [0.15, 0.2) is 0 Å². The van der Waals surface area contributed by atoms with Gasteiger partial charge in [-0.05, 0) is 24.1 Å². The van der Waals surface area contributed by atoms with Crippen molar-refractivity contribution in [3.8, 4) is 0 Å². The molecule has 0 aliphatic carbocycles. The van der Waals surface area contributed by atoms with Crippen LogP contribution < -0.4 is 16.0 Å². The maximum absolute atomic E-state index is 11.1. The number of fused-ring (bicyclic) bond motifs is 1. The topological polar surface area (TPSA) is 58.4 Å². The van der Waals surface area contributed by atoms with E-state index < -0.39 is 0 Å². The molecule has 0 bridgehead atoms. The summed E-state index contributed by atoms with van der Waals surface area (Å²) in [6, 6.07) is 5.98. The van der Waals surface area contributed by atoms with Crippen LogP contribution in [0.3, 0.4) is 0 Å². The Labute approximate surface area is 89.1 Å². The van der Waals surface area contributed by atoms with E-state index in [2.05, 4.69) is 23.3 Å². The zero-order valence-electron chi connectivity index (χ0n) is 8.79. The second-order valence-corrected chi connectivity index (χ2v) is 3.77. The van der Waals surface area contributed by atoms with E-state index in [4.69, 9.17) is 5.73 Å². The number of likely N-dealkylation sites (N-methyl/N-ethyl adjacent to an activating group) is 1. The van der Waals surface area contributed by atoms with Crippen molar-refractivity contribution in [1.82, 2.24) is 0 Å². The summed E-state index contributed by atoms with van der Waals surface area (Å²) < 4.78 is 0. The van der Waals surface area contributed by atoms with Gasteiger partial charge in [0, 0.05) is 25.0 Å². The molecule has 0 spiro atoms. The molecule has 2 rings (SSSR count). The van der Waals surface area contributed by atoms with Gasteiger partial charge in [-0.15, -0.1) is 0 Å². The van der Waals surface area contributed by atoms with Crippen molar-refractivity contribution in [3.05, 3.63) is 23.8 Å². The number of amides is 1. The van der Waals surface area contributed by atoms with Crippen LogP contribution in [0.5, 0.6) is 0 Å². The zero-order valence-corrected chi connectivity index (χ0v) is 8.79. The highest BCUT2D eigenvalue weighted by atomic mass is 16.1. The van der Waals surface area contributed by atoms with Gasteiger partial charge in [-0.1, -0.05) is 6.07 Å². The molecular weight excluding hydrogens is 190 g/mol. The predicted molar refractivity (Wildman–Crippen MR) is 61.1 cm³/mol. The molecule has 0 aromatic heterocycles. The Morgan fingerprint density at radius 1 is 1.60 bits per heavy atom. The van der Waals surface area contributed by atoms with Crippen LogP contribution in [-0.4, -0.2) is 26.0 Å². The van der Waals surface area contributed by atoms with Crippen molar-refractivity contribution in [2.75, 3.05) is 30.4 Å². The third kappa shape index (κ3) is 1.94. The number of anilines is 2. The Kier molecular flexibility index (Phi) is 2.60. The highest BCUT2D eigenvalue weighted by molar-refractivity contribution is 5.92. The van der Waals surface area contributed by atoms with Gasteiger partial charge >= 0.3 is 0 Å². The van der Waals surface area contributed by atoms with Gasteiger partial charge in [-0.3, -0.25) is 4.79 Å². The standard InChI is InChI=1S/C11H15N3O/c1-14-5-4-8-2-3-9(6-10(8)14)13-11(15)7-12/h2-3,6H,4-5,7,12H2,1H3,(H,13,15). The molecule has 0 saturated carbocycles. The first-order valence-electron chi connectivity index (χ1n) is 5.04. The largest absolute Gasteiger partial charge is 0.374 e. The zero-order chi connectivity index (χ0) is 10.8. The molecule has 3 N–H and O–H groups in total. The molecule has 1 aliphatic rings. The van der Waals surface area contributed by atoms with Gasteiger partial charge < -0.3 is 16.0 Å². The highest BCUT2D eigenvalue weighted by Gasteiger charge is 2.15. The normalized spacial score (nSPS) is 13.9. The molecule has 4 heteroatoms. The van der Waals surface area contributed by atoms with Crippen molar-refractivity contribution in [2.45, 2.75) is 6.42 Å². The monoisotopic (exact) mass is 205 g/mol. The Bertz CT molecular complexity index is 389. The summed E-state index contributed by atoms with van der Waals surface area (Å²) in [6.45, 7) is 1.07. The molecular formula is C11H15N3O. The molecule has 80 valence electrons. The predicted octanol–water partition coefficient (Wildman–Crippen LogP) is 0.576. The number of nitrogens with two attached hydrogens (primary N) is 1. The van der Waals surface area contributed by atoms with Gasteiger partial charge in [0.1, 0.15) is 0 Å². The van der Waals surface area contributed by atoms with Gasteiger partial charge in [-0.2, -0.15) is 0 Å². The van der Waals surface area contributed by atoms with Gasteiger partial charge in [0.2, 0.25) is 5.91 Å². The third-order valence-electron chi connectivity index (χ3n) is 2.68. The molecule has 1 amide bonds. The fourth-order valence-corrected chi connectivity index (χ4v) is 1.83. The SMILES string of the molecule is CN1CCc2ccc(NC(=O)CN)cc21. The summed E-state index contributed by atoms with van der Waals surface area (Å²) in [5.74, 6) is -0.157. The molecule has 1 aromatic carbocycles. The van der Waals surface area contributed by atoms with E-state index in [1.54, 1.807) is 0 Å². The Hall–Kier alpha value is -1.55. The molecule has 1 aliphatic heterocycles. The van der Waals surface area contributed by atoms with Crippen LogP contribution in [0.25, 0.3) is 0 Å². The summed E-state index contributed by atoms with van der Waals surface area (Å²) in [5.41, 5.74) is 8.59. The lowest BCUT2D eigenvalue weighted by atomic mass is 10.1. The number of hydrogen-bond donors (Lipinski definition) is 2. The van der Waals surface area contributed by atoms with E-state index >= 15 is 0 Å². The van der Waals surface area contributed by atoms with Crippen molar-refractivity contribution >= 4 is 17.3 Å². The minimum absolute atomic E-state index is 0.0208. The molecule has 0 saturated heterocycles. The average Bonchev–Trinajstić information content (AvgIpc) is 2.60. The fourth-order valence-electron chi connectivity index (χ4n) is 1.83. The van der Waals surface area contributed by atoms with Gasteiger partial charge in [-0.25, -0.2) is 0 Å². The third-order valence-corrected chi connectivity index (χ3v) is 2.68. The number of carbonyl (C=O) groups excluding carboxylic acids is 1. The number of carbonyl (C=O) groups is 1. The lowest BCUT2D eigenvalue weighted by Gasteiger charge is -2.13. The smallest absolute Gasteiger partial charge is 0.238 e. The van der Waals surface area contributed by atoms with Crippen LogP contribution in [0.2, 0.25) is 0 Å². The second-order valence-electron chi connectivity index (χ2n) is 3.77. The molecule has 1 aromatic rings. The van der Waals surface area contributed by atoms with Crippen LogP contribution in [0, 0.1) is 0 Å². The van der Waals surface area contributed by atoms with Crippen molar-refractivity contribution in [1.29, 1.82) is 0 Å². The van der Waals surface area contributed by atoms with Crippen LogP contribution >= 0.6 is 0 Å². The van der Waals surface area contributed by atoms with E-state index in [1.165, 1.54) is 11.3 Å². The highest BCUT2D eigenvalue weighted by Crippen LogP contribution is 2.29. The van der Waals surface area contributed by atoms with E-state index in [9.17, 15) is 4.79 Å². The second kappa shape index (κ2) is 3.90. The quantitative estimate of drug-likeness (QED) is 0.742. The number of nitrogens with one attached hydrogen (secondary N) is 1. The first-order valence-corrected chi connectivity index (χ1v) is 5.04. The molecule has 0 unspecified atom stereocenters. The van der Waals surface area contributed by atoms with Gasteiger partial charge in [0.05, 0.1) is 6.54 Å². The lowest BCUT2D eigenvalue weighted by Crippen LogP contribution is -2.22. The number of hydrogen-bond acceptors (Lipinski definition) is 3. The first kappa shape index (κ1) is 9.98. The molecule has 0 atom stereocenters. The summed E-state index contributed by atoms with van der Waals surface area (Å²) in [4.78, 5) is 13.3. The maximum Gasteiger partial charge on any atom is 0.238 e. The van der Waals surface area contributed by atoms with E-state index in [0.717, 1.165) is 18.7 Å². The Balaban J connectivity index is 2.21. The summed E-state index contributed by atoms with van der Waals surface area (Å²) in [7, 11) is 2.06. The van der Waals surface area contributed by atoms with Crippen molar-refractivity contribution in [2.24, 2.45) is 5.73 Å². The minimum atomic E-state index is -0.157. The number of rotatable bonds is 2. The van der Waals surface area contributed by atoms with E-state index in [1.807, 2.05) is 12.1 Å². The van der Waals surface area contributed by atoms with Crippen LogP contribution in [-0.2, 0) is 11.2 Å². The molecule has 0 fully saturated rings. The maximum atomic E-state index is 11.1. The minimum Gasteiger partial charge on any atom is -0.374 e. The molecule has 0 radical (unpaired) electrons. The Morgan fingerprint density at radius 2 is 2.40 bits per heavy atom. The van der Waals surface area contributed by atoms with Crippen LogP contribution in [0.4, 0.5) is 11.4 Å². The summed E-state index contributed by atoms with van der Waals surface area (Å²) in [6.07, 6.45) is 1.08. The first-order chi connectivity index (χ1) is 7.20. The fraction of sp³-hybridized carbons (Fsp3) is 0.364. The van der Waals surface area contributed by atoms with Crippen molar-refractivity contribution in [3.63, 3.8) is 0 Å². The van der Waals surface area contributed by atoms with E-state index in [-0.39, 0.29) is 12.5 Å². The molecule has 15 heavy (non-hydrogen) atoms. The Morgan fingerprint density at radius 3 is 3.13 bits per heavy atom. The van der Waals surface area contributed by atoms with E-state index in [0.29, 0.717) is 0 Å². The van der Waals surface area contributed by atoms with Crippen LogP contribution in [0.1, 0.15) is 5.56 Å². The number of nitrogens with zero attached hydrogens (tertiary/aromatic N) is 1. The molecule has 1 heterocycles. The average molecular weight is 205 g/mol. The number of benzene rings is 1. The van der Waals surface area contributed by atoms with Gasteiger partial charge in [0.25, 0.3) is 0 Å². The summed E-state index contributed by atoms with van der Waals surface area (Å²) >= 11 is 0. The summed E-state index contributed by atoms with van der Waals surface area (Å²) in [5, 5.41) is 2.75.